The lowest BCUT2D eigenvalue weighted by Gasteiger charge is -2.22. The minimum Gasteiger partial charge on any atom is -0.324 e. The SMILES string of the molecule is CC(C)(C)c1ccncc1NC(=O)Cc1cccc(Cl)c1. The normalized spacial score (nSPS) is 11.2. The molecule has 0 fully saturated rings. The molecule has 1 amide bonds. The standard InChI is InChI=1S/C17H19ClN2O/c1-17(2,3)14-7-8-19-11-15(14)20-16(21)10-12-5-4-6-13(18)9-12/h4-9,11H,10H2,1-3H3,(H,20,21). The number of benzene rings is 1. The molecule has 0 saturated heterocycles. The minimum absolute atomic E-state index is 0.0540. The van der Waals surface area contributed by atoms with Gasteiger partial charge in [0, 0.05) is 11.2 Å². The minimum atomic E-state index is -0.0734. The smallest absolute Gasteiger partial charge is 0.228 e. The fourth-order valence-electron chi connectivity index (χ4n) is 2.17. The van der Waals surface area contributed by atoms with E-state index in [1.165, 1.54) is 0 Å². The van der Waals surface area contributed by atoms with Gasteiger partial charge >= 0.3 is 0 Å². The summed E-state index contributed by atoms with van der Waals surface area (Å²) in [6.07, 6.45) is 3.72. The highest BCUT2D eigenvalue weighted by Crippen LogP contribution is 2.28. The van der Waals surface area contributed by atoms with Gasteiger partial charge in [0.1, 0.15) is 0 Å². The van der Waals surface area contributed by atoms with Crippen molar-refractivity contribution in [1.29, 1.82) is 0 Å². The first-order valence-electron chi connectivity index (χ1n) is 6.85. The Morgan fingerprint density at radius 3 is 2.71 bits per heavy atom. The first-order valence-corrected chi connectivity index (χ1v) is 7.23. The van der Waals surface area contributed by atoms with Gasteiger partial charge in [0.2, 0.25) is 5.91 Å². The van der Waals surface area contributed by atoms with Gasteiger partial charge in [-0.1, -0.05) is 44.5 Å². The summed E-state index contributed by atoms with van der Waals surface area (Å²) in [5.41, 5.74) is 2.66. The van der Waals surface area contributed by atoms with E-state index in [2.05, 4.69) is 31.1 Å². The molecule has 110 valence electrons. The van der Waals surface area contributed by atoms with Crippen LogP contribution in [0.2, 0.25) is 5.02 Å². The van der Waals surface area contributed by atoms with E-state index in [-0.39, 0.29) is 11.3 Å². The number of carbonyl (C=O) groups excluding carboxylic acids is 1. The summed E-state index contributed by atoms with van der Waals surface area (Å²) >= 11 is 5.93. The van der Waals surface area contributed by atoms with Gasteiger partial charge in [-0.25, -0.2) is 0 Å². The molecule has 0 aliphatic rings. The number of hydrogen-bond acceptors (Lipinski definition) is 2. The molecule has 0 radical (unpaired) electrons. The van der Waals surface area contributed by atoms with E-state index < -0.39 is 0 Å². The molecule has 2 aromatic rings. The Morgan fingerprint density at radius 1 is 1.29 bits per heavy atom. The van der Waals surface area contributed by atoms with Gasteiger partial charge in [0.25, 0.3) is 0 Å². The van der Waals surface area contributed by atoms with Gasteiger partial charge in [-0.3, -0.25) is 9.78 Å². The van der Waals surface area contributed by atoms with Crippen molar-refractivity contribution in [3.8, 4) is 0 Å². The summed E-state index contributed by atoms with van der Waals surface area (Å²) in [4.78, 5) is 16.3. The Morgan fingerprint density at radius 2 is 2.05 bits per heavy atom. The quantitative estimate of drug-likeness (QED) is 0.922. The summed E-state index contributed by atoms with van der Waals surface area (Å²) in [5.74, 6) is -0.0734. The van der Waals surface area contributed by atoms with Gasteiger partial charge in [0.15, 0.2) is 0 Å². The second-order valence-corrected chi connectivity index (χ2v) is 6.46. The lowest BCUT2D eigenvalue weighted by molar-refractivity contribution is -0.115. The van der Waals surface area contributed by atoms with Gasteiger partial charge in [-0.2, -0.15) is 0 Å². The van der Waals surface area contributed by atoms with Crippen molar-refractivity contribution in [2.24, 2.45) is 0 Å². The van der Waals surface area contributed by atoms with E-state index in [0.29, 0.717) is 11.4 Å². The average molecular weight is 303 g/mol. The van der Waals surface area contributed by atoms with Crippen LogP contribution in [0.15, 0.2) is 42.7 Å². The highest BCUT2D eigenvalue weighted by molar-refractivity contribution is 6.30. The second kappa shape index (κ2) is 6.27. The highest BCUT2D eigenvalue weighted by atomic mass is 35.5. The molecular weight excluding hydrogens is 284 g/mol. The van der Waals surface area contributed by atoms with Gasteiger partial charge in [0.05, 0.1) is 18.3 Å². The predicted molar refractivity (Wildman–Crippen MR) is 86.7 cm³/mol. The number of amides is 1. The molecule has 1 N–H and O–H groups in total. The maximum absolute atomic E-state index is 12.2. The van der Waals surface area contributed by atoms with Crippen LogP contribution in [-0.4, -0.2) is 10.9 Å². The third-order valence-electron chi connectivity index (χ3n) is 3.16. The van der Waals surface area contributed by atoms with Crippen LogP contribution in [-0.2, 0) is 16.6 Å². The molecular formula is C17H19ClN2O. The number of halogens is 1. The van der Waals surface area contributed by atoms with E-state index in [0.717, 1.165) is 16.8 Å². The zero-order chi connectivity index (χ0) is 15.5. The van der Waals surface area contributed by atoms with Crippen molar-refractivity contribution >= 4 is 23.2 Å². The topological polar surface area (TPSA) is 42.0 Å². The van der Waals surface area contributed by atoms with Crippen LogP contribution in [0.1, 0.15) is 31.9 Å². The summed E-state index contributed by atoms with van der Waals surface area (Å²) in [6, 6.07) is 9.26. The Bertz CT molecular complexity index is 647. The third kappa shape index (κ3) is 4.30. The Hall–Kier alpha value is -1.87. The molecule has 1 aromatic heterocycles. The van der Waals surface area contributed by atoms with Crippen molar-refractivity contribution in [3.63, 3.8) is 0 Å². The molecule has 0 bridgehead atoms. The molecule has 0 aliphatic heterocycles. The zero-order valence-corrected chi connectivity index (χ0v) is 13.2. The van der Waals surface area contributed by atoms with Gasteiger partial charge < -0.3 is 5.32 Å². The summed E-state index contributed by atoms with van der Waals surface area (Å²) in [6.45, 7) is 6.32. The van der Waals surface area contributed by atoms with Crippen molar-refractivity contribution in [2.45, 2.75) is 32.6 Å². The number of nitrogens with one attached hydrogen (secondary N) is 1. The second-order valence-electron chi connectivity index (χ2n) is 6.03. The number of hydrogen-bond donors (Lipinski definition) is 1. The number of carbonyl (C=O) groups is 1. The maximum Gasteiger partial charge on any atom is 0.228 e. The van der Waals surface area contributed by atoms with E-state index in [4.69, 9.17) is 11.6 Å². The molecule has 0 spiro atoms. The molecule has 1 heterocycles. The predicted octanol–water partition coefficient (Wildman–Crippen LogP) is 4.21. The lowest BCUT2D eigenvalue weighted by atomic mass is 9.86. The molecule has 1 aromatic carbocycles. The number of pyridine rings is 1. The Kier molecular flexibility index (Phi) is 4.63. The molecule has 0 unspecified atom stereocenters. The Labute approximate surface area is 130 Å². The number of rotatable bonds is 3. The lowest BCUT2D eigenvalue weighted by Crippen LogP contribution is -2.20. The van der Waals surface area contributed by atoms with Crippen LogP contribution >= 0.6 is 11.6 Å². The molecule has 21 heavy (non-hydrogen) atoms. The van der Waals surface area contributed by atoms with E-state index in [9.17, 15) is 4.79 Å². The highest BCUT2D eigenvalue weighted by Gasteiger charge is 2.19. The van der Waals surface area contributed by atoms with Crippen molar-refractivity contribution in [3.05, 3.63) is 58.9 Å². The van der Waals surface area contributed by atoms with Crippen molar-refractivity contribution in [1.82, 2.24) is 4.98 Å². The van der Waals surface area contributed by atoms with Crippen LogP contribution in [0.4, 0.5) is 5.69 Å². The monoisotopic (exact) mass is 302 g/mol. The van der Waals surface area contributed by atoms with Crippen LogP contribution in [0.5, 0.6) is 0 Å². The van der Waals surface area contributed by atoms with Gasteiger partial charge in [-0.05, 0) is 34.7 Å². The largest absolute Gasteiger partial charge is 0.324 e. The molecule has 0 saturated carbocycles. The molecule has 0 aliphatic carbocycles. The van der Waals surface area contributed by atoms with Crippen molar-refractivity contribution in [2.75, 3.05) is 5.32 Å². The average Bonchev–Trinajstić information content (AvgIpc) is 2.37. The maximum atomic E-state index is 12.2. The summed E-state index contributed by atoms with van der Waals surface area (Å²) in [7, 11) is 0. The summed E-state index contributed by atoms with van der Waals surface area (Å²) in [5, 5.41) is 3.58. The fraction of sp³-hybridized carbons (Fsp3) is 0.294. The third-order valence-corrected chi connectivity index (χ3v) is 3.39. The van der Waals surface area contributed by atoms with Crippen LogP contribution < -0.4 is 5.32 Å². The number of anilines is 1. The van der Waals surface area contributed by atoms with E-state index in [1.54, 1.807) is 24.5 Å². The summed E-state index contributed by atoms with van der Waals surface area (Å²) < 4.78 is 0. The first kappa shape index (κ1) is 15.5. The van der Waals surface area contributed by atoms with Crippen LogP contribution in [0, 0.1) is 0 Å². The molecule has 2 rings (SSSR count). The fourth-order valence-corrected chi connectivity index (χ4v) is 2.39. The zero-order valence-electron chi connectivity index (χ0n) is 12.5. The van der Waals surface area contributed by atoms with Crippen LogP contribution in [0.25, 0.3) is 0 Å². The number of aromatic nitrogens is 1. The van der Waals surface area contributed by atoms with Crippen LogP contribution in [0.3, 0.4) is 0 Å². The van der Waals surface area contributed by atoms with Crippen molar-refractivity contribution < 1.29 is 4.79 Å². The Balaban J connectivity index is 2.14. The molecule has 3 nitrogen and oxygen atoms in total. The number of nitrogens with zero attached hydrogens (tertiary/aromatic N) is 1. The first-order chi connectivity index (χ1) is 9.86. The van der Waals surface area contributed by atoms with E-state index >= 15 is 0 Å². The molecule has 0 atom stereocenters. The molecule has 4 heteroatoms. The van der Waals surface area contributed by atoms with E-state index in [1.807, 2.05) is 18.2 Å². The van der Waals surface area contributed by atoms with Gasteiger partial charge in [-0.15, -0.1) is 0 Å².